The monoisotopic (exact) mass is 290 g/mol. The first-order chi connectivity index (χ1) is 7.38. The molecule has 0 amide bonds. The van der Waals surface area contributed by atoms with Crippen LogP contribution in [0.1, 0.15) is 20.3 Å². The first-order valence-corrected chi connectivity index (χ1v) is 5.95. The van der Waals surface area contributed by atoms with E-state index in [0.717, 1.165) is 0 Å². The lowest BCUT2D eigenvalue weighted by molar-refractivity contribution is -0.159. The van der Waals surface area contributed by atoms with Gasteiger partial charge in [-0.25, -0.2) is 9.59 Å². The van der Waals surface area contributed by atoms with Gasteiger partial charge in [-0.2, -0.15) is 0 Å². The fourth-order valence-electron chi connectivity index (χ4n) is 0.954. The van der Waals surface area contributed by atoms with Crippen LogP contribution >= 0.6 is 34.8 Å². The van der Waals surface area contributed by atoms with E-state index in [-0.39, 0.29) is 19.6 Å². The molecule has 94 valence electrons. The number of ether oxygens (including phenoxy) is 2. The van der Waals surface area contributed by atoms with Crippen LogP contribution in [-0.2, 0) is 19.1 Å². The lowest BCUT2D eigenvalue weighted by atomic mass is 10.1. The zero-order valence-corrected chi connectivity index (χ0v) is 11.2. The van der Waals surface area contributed by atoms with Crippen LogP contribution < -0.4 is 0 Å². The van der Waals surface area contributed by atoms with E-state index in [1.807, 2.05) is 0 Å². The van der Waals surface area contributed by atoms with Crippen LogP contribution in [0.15, 0.2) is 0 Å². The molecule has 0 bridgehead atoms. The van der Waals surface area contributed by atoms with Crippen LogP contribution in [0.2, 0.25) is 0 Å². The summed E-state index contributed by atoms with van der Waals surface area (Å²) in [6.45, 7) is 3.39. The van der Waals surface area contributed by atoms with Gasteiger partial charge in [0.05, 0.1) is 13.2 Å². The van der Waals surface area contributed by atoms with Crippen molar-refractivity contribution in [2.24, 2.45) is 0 Å². The normalized spacial score (nSPS) is 11.4. The van der Waals surface area contributed by atoms with Gasteiger partial charge in [0.1, 0.15) is 4.84 Å². The fraction of sp³-hybridized carbons (Fsp3) is 0.778. The minimum Gasteiger partial charge on any atom is -0.464 e. The van der Waals surface area contributed by atoms with E-state index in [2.05, 4.69) is 9.47 Å². The van der Waals surface area contributed by atoms with Gasteiger partial charge in [0.25, 0.3) is 0 Å². The topological polar surface area (TPSA) is 52.6 Å². The zero-order valence-electron chi connectivity index (χ0n) is 8.97. The van der Waals surface area contributed by atoms with E-state index in [1.54, 1.807) is 13.8 Å². The molecule has 0 radical (unpaired) electrons. The molecule has 0 heterocycles. The number of carbonyl (C=O) groups excluding carboxylic acids is 2. The molecule has 0 aromatic rings. The summed E-state index contributed by atoms with van der Waals surface area (Å²) in [6.07, 6.45) is -0.269. The fourth-order valence-corrected chi connectivity index (χ4v) is 1.84. The molecular weight excluding hydrogens is 278 g/mol. The summed E-state index contributed by atoms with van der Waals surface area (Å²) in [4.78, 5) is 20.2. The molecule has 0 N–H and O–H groups in total. The summed E-state index contributed by atoms with van der Waals surface area (Å²) in [7, 11) is 0. The van der Waals surface area contributed by atoms with Gasteiger partial charge in [0, 0.05) is 6.42 Å². The van der Waals surface area contributed by atoms with Crippen LogP contribution in [0.5, 0.6) is 0 Å². The number of esters is 2. The Morgan fingerprint density at radius 1 is 1.12 bits per heavy atom. The van der Waals surface area contributed by atoms with E-state index < -0.39 is 21.6 Å². The molecule has 0 aliphatic heterocycles. The number of rotatable bonds is 6. The van der Waals surface area contributed by atoms with E-state index in [4.69, 9.17) is 34.8 Å². The van der Waals surface area contributed by atoms with Gasteiger partial charge in [-0.15, -0.1) is 23.2 Å². The third-order valence-corrected chi connectivity index (χ3v) is 2.41. The standard InChI is InChI=1S/C9H13Cl3O4/c1-3-15-7(13)9(12,5-6(10)11)8(14)16-4-2/h6H,3-5H2,1-2H3. The summed E-state index contributed by atoms with van der Waals surface area (Å²) in [5, 5.41) is 0. The molecule has 0 aromatic heterocycles. The van der Waals surface area contributed by atoms with Crippen molar-refractivity contribution < 1.29 is 19.1 Å². The number of halogens is 3. The number of hydrogen-bond donors (Lipinski definition) is 0. The average molecular weight is 292 g/mol. The Morgan fingerprint density at radius 3 is 1.75 bits per heavy atom. The van der Waals surface area contributed by atoms with Crippen LogP contribution in [0, 0.1) is 0 Å². The van der Waals surface area contributed by atoms with Gasteiger partial charge in [-0.05, 0) is 13.8 Å². The average Bonchev–Trinajstić information content (AvgIpc) is 2.17. The summed E-state index contributed by atoms with van der Waals surface area (Å²) >= 11 is 16.9. The second-order valence-corrected chi connectivity index (χ2v) is 4.76. The largest absolute Gasteiger partial charge is 0.464 e. The highest BCUT2D eigenvalue weighted by Gasteiger charge is 2.48. The van der Waals surface area contributed by atoms with E-state index in [0.29, 0.717) is 0 Å². The van der Waals surface area contributed by atoms with Crippen molar-refractivity contribution in [2.45, 2.75) is 30.0 Å². The van der Waals surface area contributed by atoms with Gasteiger partial charge in [-0.3, -0.25) is 0 Å². The Labute approximate surface area is 109 Å². The second kappa shape index (κ2) is 7.20. The van der Waals surface area contributed by atoms with Crippen LogP contribution in [0.4, 0.5) is 0 Å². The summed E-state index contributed by atoms with van der Waals surface area (Å²) in [5.74, 6) is -1.80. The minimum absolute atomic E-state index is 0.0992. The molecule has 0 rings (SSSR count). The predicted octanol–water partition coefficient (Wildman–Crippen LogP) is 2.28. The van der Waals surface area contributed by atoms with Crippen LogP contribution in [0.25, 0.3) is 0 Å². The van der Waals surface area contributed by atoms with Gasteiger partial charge < -0.3 is 9.47 Å². The van der Waals surface area contributed by atoms with Crippen molar-refractivity contribution in [3.63, 3.8) is 0 Å². The molecule has 0 unspecified atom stereocenters. The van der Waals surface area contributed by atoms with Crippen molar-refractivity contribution in [2.75, 3.05) is 13.2 Å². The summed E-state index contributed by atoms with van der Waals surface area (Å²) in [5.41, 5.74) is 0. The molecule has 0 aliphatic carbocycles. The first kappa shape index (κ1) is 15.8. The Morgan fingerprint density at radius 2 is 1.50 bits per heavy atom. The first-order valence-electron chi connectivity index (χ1n) is 4.70. The number of hydrogen-bond acceptors (Lipinski definition) is 4. The molecule has 7 heteroatoms. The molecule has 0 aliphatic rings. The van der Waals surface area contributed by atoms with Gasteiger partial charge >= 0.3 is 11.9 Å². The quantitative estimate of drug-likeness (QED) is 0.428. The highest BCUT2D eigenvalue weighted by Crippen LogP contribution is 2.29. The molecule has 0 fully saturated rings. The third-order valence-electron chi connectivity index (χ3n) is 1.63. The number of alkyl halides is 3. The van der Waals surface area contributed by atoms with Crippen molar-refractivity contribution in [1.29, 1.82) is 0 Å². The van der Waals surface area contributed by atoms with Gasteiger partial charge in [-0.1, -0.05) is 11.6 Å². The lowest BCUT2D eigenvalue weighted by Crippen LogP contribution is -2.45. The highest BCUT2D eigenvalue weighted by molar-refractivity contribution is 6.48. The molecule has 0 aromatic carbocycles. The highest BCUT2D eigenvalue weighted by atomic mass is 35.5. The number of carbonyl (C=O) groups is 2. The zero-order chi connectivity index (χ0) is 12.8. The minimum atomic E-state index is -1.97. The second-order valence-electron chi connectivity index (χ2n) is 2.84. The predicted molar refractivity (Wildman–Crippen MR) is 62.0 cm³/mol. The van der Waals surface area contributed by atoms with Crippen molar-refractivity contribution >= 4 is 46.7 Å². The molecule has 4 nitrogen and oxygen atoms in total. The van der Waals surface area contributed by atoms with Crippen LogP contribution in [0.3, 0.4) is 0 Å². The Hall–Kier alpha value is -0.190. The SMILES string of the molecule is CCOC(=O)C(Cl)(CC(Cl)Cl)C(=O)OCC. The molecule has 0 atom stereocenters. The van der Waals surface area contributed by atoms with Crippen molar-refractivity contribution in [3.05, 3.63) is 0 Å². The Kier molecular flexibility index (Phi) is 7.11. The molecular formula is C9H13Cl3O4. The van der Waals surface area contributed by atoms with Crippen LogP contribution in [-0.4, -0.2) is 34.9 Å². The van der Waals surface area contributed by atoms with Crippen molar-refractivity contribution in [3.8, 4) is 0 Å². The van der Waals surface area contributed by atoms with E-state index in [9.17, 15) is 9.59 Å². The maximum atomic E-state index is 11.5. The summed E-state index contributed by atoms with van der Waals surface area (Å²) in [6, 6.07) is 0. The Bertz CT molecular complexity index is 237. The Balaban J connectivity index is 4.86. The smallest absolute Gasteiger partial charge is 0.338 e. The van der Waals surface area contributed by atoms with Gasteiger partial charge in [0.15, 0.2) is 0 Å². The maximum absolute atomic E-state index is 11.5. The molecule has 0 saturated carbocycles. The maximum Gasteiger partial charge on any atom is 0.338 e. The summed E-state index contributed by atoms with van der Waals surface area (Å²) < 4.78 is 9.37. The molecule has 16 heavy (non-hydrogen) atoms. The van der Waals surface area contributed by atoms with E-state index in [1.165, 1.54) is 0 Å². The van der Waals surface area contributed by atoms with Gasteiger partial charge in [0.2, 0.25) is 4.87 Å². The van der Waals surface area contributed by atoms with Crippen molar-refractivity contribution in [1.82, 2.24) is 0 Å². The molecule has 0 saturated heterocycles. The lowest BCUT2D eigenvalue weighted by Gasteiger charge is -2.22. The molecule has 0 spiro atoms. The third kappa shape index (κ3) is 4.36. The van der Waals surface area contributed by atoms with E-state index >= 15 is 0 Å².